The van der Waals surface area contributed by atoms with Gasteiger partial charge in [-0.15, -0.1) is 5.11 Å². The average Bonchev–Trinajstić information content (AvgIpc) is 3.53. The van der Waals surface area contributed by atoms with Crippen LogP contribution in [0.15, 0.2) is 55.3 Å². The van der Waals surface area contributed by atoms with E-state index in [1.165, 1.54) is 12.1 Å². The van der Waals surface area contributed by atoms with E-state index >= 15 is 0 Å². The minimum Gasteiger partial charge on any atom is -0.369 e. The van der Waals surface area contributed by atoms with E-state index in [0.717, 1.165) is 0 Å². The second-order valence-corrected chi connectivity index (χ2v) is 11.6. The van der Waals surface area contributed by atoms with Crippen LogP contribution in [0, 0.1) is 5.92 Å². The number of hydrogen-bond acceptors (Lipinski definition) is 10. The van der Waals surface area contributed by atoms with Gasteiger partial charge in [0.05, 0.1) is 16.6 Å². The van der Waals surface area contributed by atoms with Gasteiger partial charge in [-0.05, 0) is 30.2 Å². The van der Waals surface area contributed by atoms with E-state index in [2.05, 4.69) is 35.2 Å². The second-order valence-electron chi connectivity index (χ2n) is 8.41. The number of nitrogens with zero attached hydrogens (tertiary/aromatic N) is 4. The molecule has 0 spiro atoms. The van der Waals surface area contributed by atoms with Crippen LogP contribution in [0.5, 0.6) is 0 Å². The Bertz CT molecular complexity index is 1610. The number of amidine groups is 1. The van der Waals surface area contributed by atoms with Gasteiger partial charge in [0, 0.05) is 18.2 Å². The molecule has 1 fully saturated rings. The quantitative estimate of drug-likeness (QED) is 0.312. The average molecular weight is 518 g/mol. The zero-order valence-corrected chi connectivity index (χ0v) is 20.2. The minimum atomic E-state index is -4.58. The van der Waals surface area contributed by atoms with E-state index in [0.29, 0.717) is 35.2 Å². The van der Waals surface area contributed by atoms with Gasteiger partial charge in [0.15, 0.2) is 18.5 Å². The molecule has 2 aliphatic heterocycles. The number of nitrogens with one attached hydrogen (secondary N) is 3. The summed E-state index contributed by atoms with van der Waals surface area (Å²) in [6, 6.07) is 7.49. The van der Waals surface area contributed by atoms with Gasteiger partial charge in [-0.1, -0.05) is 25.1 Å². The summed E-state index contributed by atoms with van der Waals surface area (Å²) in [5.74, 6) is 0.135. The second kappa shape index (κ2) is 8.46. The largest absolute Gasteiger partial charge is 0.369 e. The van der Waals surface area contributed by atoms with Crippen LogP contribution in [0.25, 0.3) is 22.2 Å². The molecule has 0 saturated carbocycles. The Morgan fingerprint density at radius 1 is 1.09 bits per heavy atom. The van der Waals surface area contributed by atoms with Crippen molar-refractivity contribution in [1.82, 2.24) is 20.0 Å². The lowest BCUT2D eigenvalue weighted by Crippen LogP contribution is -2.40. The number of rotatable bonds is 6. The molecule has 2 aromatic carbocycles. The SMILES string of the molecule is C[C@@H]1CNC[C@H]1NS(=O)(=O)c1ccc(-c2cccc3[nH]c(N)nc23)c(C2=NCN=N2)c1S(N)(=O)=O. The Kier molecular flexibility index (Phi) is 5.68. The molecule has 13 nitrogen and oxygen atoms in total. The molecular weight excluding hydrogens is 494 g/mol. The van der Waals surface area contributed by atoms with Crippen molar-refractivity contribution >= 4 is 42.9 Å². The summed E-state index contributed by atoms with van der Waals surface area (Å²) in [4.78, 5) is 10.3. The van der Waals surface area contributed by atoms with Crippen molar-refractivity contribution in [2.24, 2.45) is 26.3 Å². The van der Waals surface area contributed by atoms with Crippen LogP contribution in [0.1, 0.15) is 12.5 Å². The highest BCUT2D eigenvalue weighted by molar-refractivity contribution is 7.92. The van der Waals surface area contributed by atoms with Crippen molar-refractivity contribution in [2.45, 2.75) is 22.8 Å². The summed E-state index contributed by atoms with van der Waals surface area (Å²) in [6.07, 6.45) is 0. The number of H-pyrrole nitrogens is 1. The number of para-hydroxylation sites is 1. The fraction of sp³-hybridized carbons (Fsp3) is 0.300. The van der Waals surface area contributed by atoms with Gasteiger partial charge in [0.2, 0.25) is 20.0 Å². The number of azo groups is 1. The molecule has 3 aromatic rings. The molecule has 2 aliphatic rings. The molecule has 0 aliphatic carbocycles. The number of nitrogens with two attached hydrogens (primary N) is 2. The lowest BCUT2D eigenvalue weighted by molar-refractivity contribution is 0.501. The lowest BCUT2D eigenvalue weighted by atomic mass is 9.97. The van der Waals surface area contributed by atoms with Gasteiger partial charge in [0.25, 0.3) is 0 Å². The molecule has 1 aromatic heterocycles. The van der Waals surface area contributed by atoms with Crippen LogP contribution < -0.4 is 20.9 Å². The van der Waals surface area contributed by atoms with E-state index in [1.807, 2.05) is 6.92 Å². The van der Waals surface area contributed by atoms with Crippen molar-refractivity contribution in [1.29, 1.82) is 0 Å². The Hall–Kier alpha value is -3.24. The fourth-order valence-electron chi connectivity index (χ4n) is 4.36. The van der Waals surface area contributed by atoms with Crippen molar-refractivity contribution in [3.05, 3.63) is 35.9 Å². The summed E-state index contributed by atoms with van der Waals surface area (Å²) in [6.45, 7) is 2.91. The Balaban J connectivity index is 1.80. The summed E-state index contributed by atoms with van der Waals surface area (Å²) >= 11 is 0. The van der Waals surface area contributed by atoms with Crippen molar-refractivity contribution in [2.75, 3.05) is 25.5 Å². The number of primary sulfonamides is 1. The number of aliphatic imine (C=N–C) groups is 1. The first-order valence-corrected chi connectivity index (χ1v) is 13.7. The molecule has 35 heavy (non-hydrogen) atoms. The van der Waals surface area contributed by atoms with Crippen LogP contribution in [0.4, 0.5) is 5.95 Å². The highest BCUT2D eigenvalue weighted by Gasteiger charge is 2.35. The van der Waals surface area contributed by atoms with Gasteiger partial charge in [0.1, 0.15) is 9.79 Å². The predicted molar refractivity (Wildman–Crippen MR) is 130 cm³/mol. The molecule has 3 heterocycles. The molecule has 0 bridgehead atoms. The maximum Gasteiger partial charge on any atom is 0.242 e. The number of aromatic nitrogens is 2. The molecule has 1 saturated heterocycles. The van der Waals surface area contributed by atoms with Crippen molar-refractivity contribution < 1.29 is 16.8 Å². The highest BCUT2D eigenvalue weighted by Crippen LogP contribution is 2.37. The lowest BCUT2D eigenvalue weighted by Gasteiger charge is -2.20. The molecule has 5 rings (SSSR count). The normalized spacial score (nSPS) is 20.6. The summed E-state index contributed by atoms with van der Waals surface area (Å²) < 4.78 is 55.4. The smallest absolute Gasteiger partial charge is 0.242 e. The first kappa shape index (κ1) is 23.5. The number of hydrogen-bond donors (Lipinski definition) is 5. The summed E-state index contributed by atoms with van der Waals surface area (Å²) in [5, 5.41) is 16.5. The molecule has 7 N–H and O–H groups in total. The number of anilines is 1. The van der Waals surface area contributed by atoms with E-state index < -0.39 is 35.9 Å². The number of benzene rings is 2. The molecule has 0 unspecified atom stereocenters. The van der Waals surface area contributed by atoms with Crippen LogP contribution >= 0.6 is 0 Å². The first-order valence-electron chi connectivity index (χ1n) is 10.7. The van der Waals surface area contributed by atoms with Crippen LogP contribution in [0.3, 0.4) is 0 Å². The fourth-order valence-corrected chi connectivity index (χ4v) is 7.31. The predicted octanol–water partition coefficient (Wildman–Crippen LogP) is 0.516. The highest BCUT2D eigenvalue weighted by atomic mass is 32.2. The van der Waals surface area contributed by atoms with Gasteiger partial charge >= 0.3 is 0 Å². The monoisotopic (exact) mass is 517 g/mol. The third kappa shape index (κ3) is 4.21. The topological polar surface area (TPSA) is 210 Å². The Labute approximate surface area is 201 Å². The van der Waals surface area contributed by atoms with Gasteiger partial charge in [-0.3, -0.25) is 0 Å². The van der Waals surface area contributed by atoms with Gasteiger partial charge in [-0.2, -0.15) is 5.11 Å². The number of sulfonamides is 2. The third-order valence-electron chi connectivity index (χ3n) is 6.01. The van der Waals surface area contributed by atoms with E-state index in [4.69, 9.17) is 10.9 Å². The maximum absolute atomic E-state index is 13.4. The Morgan fingerprint density at radius 3 is 2.54 bits per heavy atom. The van der Waals surface area contributed by atoms with Crippen LogP contribution in [-0.4, -0.2) is 58.4 Å². The van der Waals surface area contributed by atoms with Gasteiger partial charge in [-0.25, -0.2) is 36.7 Å². The van der Waals surface area contributed by atoms with Gasteiger partial charge < -0.3 is 16.0 Å². The van der Waals surface area contributed by atoms with Crippen molar-refractivity contribution in [3.8, 4) is 11.1 Å². The molecule has 15 heteroatoms. The minimum absolute atomic E-state index is 0.0113. The van der Waals surface area contributed by atoms with E-state index in [1.54, 1.807) is 18.2 Å². The molecular formula is C20H23N9O4S2. The Morgan fingerprint density at radius 2 is 1.89 bits per heavy atom. The molecule has 184 valence electrons. The van der Waals surface area contributed by atoms with Crippen molar-refractivity contribution in [3.63, 3.8) is 0 Å². The molecule has 0 amide bonds. The zero-order valence-electron chi connectivity index (χ0n) is 18.6. The third-order valence-corrected chi connectivity index (χ3v) is 8.67. The molecule has 0 radical (unpaired) electrons. The molecule has 2 atom stereocenters. The number of nitrogen functional groups attached to an aromatic ring is 1. The summed E-state index contributed by atoms with van der Waals surface area (Å²) in [5.41, 5.74) is 7.65. The maximum atomic E-state index is 13.4. The zero-order chi connectivity index (χ0) is 25.0. The van der Waals surface area contributed by atoms with E-state index in [-0.39, 0.29) is 29.9 Å². The van der Waals surface area contributed by atoms with Crippen LogP contribution in [0.2, 0.25) is 0 Å². The number of fused-ring (bicyclic) bond motifs is 1. The number of imidazole rings is 1. The van der Waals surface area contributed by atoms with E-state index in [9.17, 15) is 16.8 Å². The summed E-state index contributed by atoms with van der Waals surface area (Å²) in [7, 11) is -8.88. The number of aromatic amines is 1. The standard InChI is InChI=1S/C20H23N9O4S2/c1-10-7-23-8-14(10)29-35(32,33)15-6-5-11(12-3-2-4-13-17(12)27-20(21)26-13)16(18(15)34(22,30)31)19-24-9-25-28-19/h2-6,10,14,23,29H,7-9H2,1H3,(H3,21,26,27)(H2,22,30,31)/t10-,14-/m1/s1. The van der Waals surface area contributed by atoms with Crippen LogP contribution in [-0.2, 0) is 20.0 Å². The first-order chi connectivity index (χ1) is 16.6.